The SMILES string of the molecule is CCCc1cccc(C(CSC)NC)c1. The zero-order valence-corrected chi connectivity index (χ0v) is 10.7. The molecule has 0 aliphatic carbocycles. The Morgan fingerprint density at radius 1 is 1.40 bits per heavy atom. The Labute approximate surface area is 97.7 Å². The van der Waals surface area contributed by atoms with Crippen LogP contribution in [0.3, 0.4) is 0 Å². The topological polar surface area (TPSA) is 12.0 Å². The van der Waals surface area contributed by atoms with Crippen molar-refractivity contribution >= 4 is 11.8 Å². The standard InChI is InChI=1S/C13H21NS/c1-4-6-11-7-5-8-12(9-11)13(14-2)10-15-3/h5,7-9,13-14H,4,6,10H2,1-3H3. The van der Waals surface area contributed by atoms with Crippen molar-refractivity contribution < 1.29 is 0 Å². The summed E-state index contributed by atoms with van der Waals surface area (Å²) in [5, 5.41) is 3.37. The van der Waals surface area contributed by atoms with Gasteiger partial charge in [-0.3, -0.25) is 0 Å². The predicted octanol–water partition coefficient (Wildman–Crippen LogP) is 3.26. The Morgan fingerprint density at radius 2 is 2.20 bits per heavy atom. The lowest BCUT2D eigenvalue weighted by molar-refractivity contribution is 0.661. The molecule has 0 heterocycles. The number of hydrogen-bond donors (Lipinski definition) is 1. The van der Waals surface area contributed by atoms with E-state index in [0.717, 1.165) is 5.75 Å². The third kappa shape index (κ3) is 3.88. The van der Waals surface area contributed by atoms with Crippen molar-refractivity contribution in [2.24, 2.45) is 0 Å². The molecule has 0 bridgehead atoms. The maximum Gasteiger partial charge on any atom is 0.0409 e. The predicted molar refractivity (Wildman–Crippen MR) is 70.6 cm³/mol. The summed E-state index contributed by atoms with van der Waals surface area (Å²) in [6.45, 7) is 2.23. The van der Waals surface area contributed by atoms with Crippen molar-refractivity contribution in [2.45, 2.75) is 25.8 Å². The highest BCUT2D eigenvalue weighted by molar-refractivity contribution is 7.98. The van der Waals surface area contributed by atoms with E-state index in [-0.39, 0.29) is 0 Å². The fourth-order valence-electron chi connectivity index (χ4n) is 1.77. The highest BCUT2D eigenvalue weighted by atomic mass is 32.2. The van der Waals surface area contributed by atoms with Crippen LogP contribution in [-0.4, -0.2) is 19.1 Å². The molecule has 0 radical (unpaired) electrons. The normalized spacial score (nSPS) is 12.7. The van der Waals surface area contributed by atoms with E-state index < -0.39 is 0 Å². The number of hydrogen-bond acceptors (Lipinski definition) is 2. The summed E-state index contributed by atoms with van der Waals surface area (Å²) < 4.78 is 0. The Balaban J connectivity index is 2.77. The number of thioether (sulfide) groups is 1. The number of aryl methyl sites for hydroxylation is 1. The summed E-state index contributed by atoms with van der Waals surface area (Å²) in [6.07, 6.45) is 4.56. The molecule has 0 amide bonds. The van der Waals surface area contributed by atoms with Crippen molar-refractivity contribution in [1.82, 2.24) is 5.32 Å². The molecule has 2 heteroatoms. The second-order valence-electron chi connectivity index (χ2n) is 3.79. The van der Waals surface area contributed by atoms with Crippen LogP contribution in [0.2, 0.25) is 0 Å². The van der Waals surface area contributed by atoms with Crippen molar-refractivity contribution in [3.05, 3.63) is 35.4 Å². The molecule has 0 spiro atoms. The molecule has 1 aromatic rings. The molecule has 1 atom stereocenters. The first-order valence-electron chi connectivity index (χ1n) is 5.56. The largest absolute Gasteiger partial charge is 0.312 e. The van der Waals surface area contributed by atoms with Gasteiger partial charge < -0.3 is 5.32 Å². The van der Waals surface area contributed by atoms with Gasteiger partial charge in [0.15, 0.2) is 0 Å². The smallest absolute Gasteiger partial charge is 0.0409 e. The molecule has 1 aromatic carbocycles. The van der Waals surface area contributed by atoms with Gasteiger partial charge in [-0.15, -0.1) is 0 Å². The number of rotatable bonds is 6. The van der Waals surface area contributed by atoms with Crippen LogP contribution < -0.4 is 5.32 Å². The van der Waals surface area contributed by atoms with E-state index in [1.165, 1.54) is 24.0 Å². The van der Waals surface area contributed by atoms with Crippen LogP contribution in [0.25, 0.3) is 0 Å². The molecular formula is C13H21NS. The minimum Gasteiger partial charge on any atom is -0.312 e. The first kappa shape index (κ1) is 12.6. The van der Waals surface area contributed by atoms with Crippen molar-refractivity contribution in [3.8, 4) is 0 Å². The van der Waals surface area contributed by atoms with E-state index >= 15 is 0 Å². The third-order valence-corrected chi connectivity index (χ3v) is 3.24. The van der Waals surface area contributed by atoms with E-state index in [0.29, 0.717) is 6.04 Å². The molecule has 1 unspecified atom stereocenters. The highest BCUT2D eigenvalue weighted by Crippen LogP contribution is 2.18. The van der Waals surface area contributed by atoms with Gasteiger partial charge in [-0.2, -0.15) is 11.8 Å². The van der Waals surface area contributed by atoms with E-state index in [1.807, 2.05) is 18.8 Å². The van der Waals surface area contributed by atoms with Crippen LogP contribution in [0, 0.1) is 0 Å². The van der Waals surface area contributed by atoms with Gasteiger partial charge in [0, 0.05) is 11.8 Å². The van der Waals surface area contributed by atoms with Crippen LogP contribution in [0.5, 0.6) is 0 Å². The third-order valence-electron chi connectivity index (χ3n) is 2.57. The van der Waals surface area contributed by atoms with Gasteiger partial charge in [-0.05, 0) is 30.9 Å². The summed E-state index contributed by atoms with van der Waals surface area (Å²) in [7, 11) is 2.04. The fourth-order valence-corrected chi connectivity index (χ4v) is 2.46. The van der Waals surface area contributed by atoms with Gasteiger partial charge >= 0.3 is 0 Å². The van der Waals surface area contributed by atoms with Gasteiger partial charge in [0.05, 0.1) is 0 Å². The first-order valence-corrected chi connectivity index (χ1v) is 6.96. The molecule has 15 heavy (non-hydrogen) atoms. The second kappa shape index (κ2) is 6.91. The number of nitrogens with one attached hydrogen (secondary N) is 1. The molecule has 0 saturated carbocycles. The average Bonchev–Trinajstić information content (AvgIpc) is 2.27. The van der Waals surface area contributed by atoms with E-state index in [1.54, 1.807) is 0 Å². The summed E-state index contributed by atoms with van der Waals surface area (Å²) in [5.41, 5.74) is 2.87. The minimum atomic E-state index is 0.483. The van der Waals surface area contributed by atoms with Gasteiger partial charge in [0.1, 0.15) is 0 Å². The molecule has 0 aliphatic heterocycles. The molecule has 1 nitrogen and oxygen atoms in total. The molecular weight excluding hydrogens is 202 g/mol. The quantitative estimate of drug-likeness (QED) is 0.794. The summed E-state index contributed by atoms with van der Waals surface area (Å²) >= 11 is 1.89. The summed E-state index contributed by atoms with van der Waals surface area (Å²) in [6, 6.07) is 9.43. The molecule has 0 fully saturated rings. The Morgan fingerprint density at radius 3 is 2.80 bits per heavy atom. The van der Waals surface area contributed by atoms with Crippen molar-refractivity contribution in [3.63, 3.8) is 0 Å². The van der Waals surface area contributed by atoms with Crippen molar-refractivity contribution in [1.29, 1.82) is 0 Å². The van der Waals surface area contributed by atoms with E-state index in [2.05, 4.69) is 42.8 Å². The highest BCUT2D eigenvalue weighted by Gasteiger charge is 2.08. The minimum absolute atomic E-state index is 0.483. The average molecular weight is 223 g/mol. The van der Waals surface area contributed by atoms with Crippen LogP contribution in [0.1, 0.15) is 30.5 Å². The van der Waals surface area contributed by atoms with Crippen LogP contribution >= 0.6 is 11.8 Å². The molecule has 0 saturated heterocycles. The molecule has 0 aromatic heterocycles. The molecule has 84 valence electrons. The van der Waals surface area contributed by atoms with Crippen LogP contribution in [-0.2, 0) is 6.42 Å². The lowest BCUT2D eigenvalue weighted by Crippen LogP contribution is -2.18. The monoisotopic (exact) mass is 223 g/mol. The van der Waals surface area contributed by atoms with Crippen LogP contribution in [0.4, 0.5) is 0 Å². The zero-order valence-electron chi connectivity index (χ0n) is 9.92. The zero-order chi connectivity index (χ0) is 11.1. The maximum absolute atomic E-state index is 3.37. The van der Waals surface area contributed by atoms with Gasteiger partial charge in [-0.1, -0.05) is 37.6 Å². The fraction of sp³-hybridized carbons (Fsp3) is 0.538. The molecule has 0 aliphatic rings. The summed E-state index contributed by atoms with van der Waals surface area (Å²) in [5.74, 6) is 1.13. The van der Waals surface area contributed by atoms with Gasteiger partial charge in [0.2, 0.25) is 0 Å². The van der Waals surface area contributed by atoms with Gasteiger partial charge in [0.25, 0.3) is 0 Å². The van der Waals surface area contributed by atoms with E-state index in [9.17, 15) is 0 Å². The maximum atomic E-state index is 3.37. The van der Waals surface area contributed by atoms with E-state index in [4.69, 9.17) is 0 Å². The Kier molecular flexibility index (Phi) is 5.81. The lowest BCUT2D eigenvalue weighted by atomic mass is 10.0. The first-order chi connectivity index (χ1) is 7.31. The van der Waals surface area contributed by atoms with Gasteiger partial charge in [-0.25, -0.2) is 0 Å². The Hall–Kier alpha value is -0.470. The van der Waals surface area contributed by atoms with Crippen LogP contribution in [0.15, 0.2) is 24.3 Å². The summed E-state index contributed by atoms with van der Waals surface area (Å²) in [4.78, 5) is 0. The Bertz CT molecular complexity index is 286. The lowest BCUT2D eigenvalue weighted by Gasteiger charge is -2.16. The number of benzene rings is 1. The molecule has 1 rings (SSSR count). The molecule has 1 N–H and O–H groups in total. The van der Waals surface area contributed by atoms with Crippen molar-refractivity contribution in [2.75, 3.05) is 19.1 Å². The second-order valence-corrected chi connectivity index (χ2v) is 4.70.